The Kier molecular flexibility index (Phi) is 5.13. The second-order valence-corrected chi connectivity index (χ2v) is 5.44. The maximum atomic E-state index is 14.2. The van der Waals surface area contributed by atoms with E-state index in [9.17, 15) is 19.6 Å². The highest BCUT2D eigenvalue weighted by Crippen LogP contribution is 2.42. The number of hydrogen-bond donors (Lipinski definition) is 0. The normalized spacial score (nSPS) is 23.5. The summed E-state index contributed by atoms with van der Waals surface area (Å²) in [5.74, 6) is -2.75. The van der Waals surface area contributed by atoms with Crippen LogP contribution in [0.4, 0.5) is 4.39 Å². The quantitative estimate of drug-likeness (QED) is 0.785. The first-order chi connectivity index (χ1) is 11.0. The molecule has 2 unspecified atom stereocenters. The molecular formula is C19H17FNO2-. The second-order valence-electron chi connectivity index (χ2n) is 5.44. The van der Waals surface area contributed by atoms with E-state index in [1.54, 1.807) is 24.3 Å². The van der Waals surface area contributed by atoms with E-state index in [0.717, 1.165) is 12.8 Å². The van der Waals surface area contributed by atoms with Crippen molar-refractivity contribution >= 4 is 11.5 Å². The molecule has 2 rings (SSSR count). The Morgan fingerprint density at radius 1 is 1.48 bits per heavy atom. The number of aliphatic carboxylic acids is 1. The van der Waals surface area contributed by atoms with Crippen LogP contribution in [0.1, 0.15) is 25.3 Å². The SMILES string of the molecule is CCC/C=C/C1(C#N)C=CC(C(=O)[O-])C=C1c1ccccc1F. The third kappa shape index (κ3) is 3.40. The van der Waals surface area contributed by atoms with Crippen LogP contribution >= 0.6 is 0 Å². The number of unbranched alkanes of at least 4 members (excludes halogenated alkanes) is 1. The predicted octanol–water partition coefficient (Wildman–Crippen LogP) is 3.01. The lowest BCUT2D eigenvalue weighted by Crippen LogP contribution is -2.32. The van der Waals surface area contributed by atoms with Crippen LogP contribution in [-0.2, 0) is 4.79 Å². The molecule has 0 spiro atoms. The molecule has 1 aliphatic carbocycles. The average molecular weight is 310 g/mol. The Hall–Kier alpha value is -2.67. The van der Waals surface area contributed by atoms with Crippen molar-refractivity contribution < 1.29 is 14.3 Å². The number of carboxylic acids is 1. The van der Waals surface area contributed by atoms with Crippen LogP contribution < -0.4 is 5.11 Å². The van der Waals surface area contributed by atoms with Crippen molar-refractivity contribution in [1.29, 1.82) is 5.26 Å². The van der Waals surface area contributed by atoms with Crippen molar-refractivity contribution in [3.63, 3.8) is 0 Å². The fraction of sp³-hybridized carbons (Fsp3) is 0.263. The number of hydrogen-bond acceptors (Lipinski definition) is 3. The topological polar surface area (TPSA) is 63.9 Å². The molecule has 118 valence electrons. The van der Waals surface area contributed by atoms with Crippen LogP contribution in [0.2, 0.25) is 0 Å². The van der Waals surface area contributed by atoms with E-state index < -0.39 is 23.1 Å². The van der Waals surface area contributed by atoms with E-state index in [4.69, 9.17) is 0 Å². The highest BCUT2D eigenvalue weighted by Gasteiger charge is 2.34. The van der Waals surface area contributed by atoms with Gasteiger partial charge in [0, 0.05) is 11.5 Å². The summed E-state index contributed by atoms with van der Waals surface area (Å²) in [6, 6.07) is 8.24. The molecule has 2 atom stereocenters. The molecule has 0 radical (unpaired) electrons. The van der Waals surface area contributed by atoms with Crippen LogP contribution in [0, 0.1) is 28.5 Å². The minimum absolute atomic E-state index is 0.228. The molecule has 1 aromatic carbocycles. The number of carbonyl (C=O) groups excluding carboxylic acids is 1. The lowest BCUT2D eigenvalue weighted by molar-refractivity contribution is -0.308. The average Bonchev–Trinajstić information content (AvgIpc) is 2.55. The van der Waals surface area contributed by atoms with Gasteiger partial charge in [0.1, 0.15) is 11.2 Å². The van der Waals surface area contributed by atoms with Gasteiger partial charge in [-0.3, -0.25) is 0 Å². The first-order valence-electron chi connectivity index (χ1n) is 7.50. The number of rotatable bonds is 5. The molecule has 0 aliphatic heterocycles. The van der Waals surface area contributed by atoms with Crippen LogP contribution in [0.3, 0.4) is 0 Å². The minimum Gasteiger partial charge on any atom is -0.549 e. The van der Waals surface area contributed by atoms with Gasteiger partial charge >= 0.3 is 0 Å². The van der Waals surface area contributed by atoms with Crippen molar-refractivity contribution in [3.05, 3.63) is 66.0 Å². The molecule has 4 heteroatoms. The van der Waals surface area contributed by atoms with Crippen LogP contribution in [0.15, 0.2) is 54.6 Å². The molecule has 3 nitrogen and oxygen atoms in total. The number of carboxylic acid groups (broad SMARTS) is 1. The van der Waals surface area contributed by atoms with Gasteiger partial charge < -0.3 is 9.90 Å². The summed E-state index contributed by atoms with van der Waals surface area (Å²) in [7, 11) is 0. The summed E-state index contributed by atoms with van der Waals surface area (Å²) in [4.78, 5) is 11.2. The minimum atomic E-state index is -1.28. The smallest absolute Gasteiger partial charge is 0.130 e. The number of carbonyl (C=O) groups is 1. The zero-order valence-electron chi connectivity index (χ0n) is 12.8. The molecule has 0 fully saturated rings. The van der Waals surface area contributed by atoms with Gasteiger partial charge in [0.25, 0.3) is 0 Å². The number of benzene rings is 1. The summed E-state index contributed by atoms with van der Waals surface area (Å²) in [6.07, 6.45) is 9.60. The summed E-state index contributed by atoms with van der Waals surface area (Å²) in [5, 5.41) is 20.9. The second kappa shape index (κ2) is 7.06. The van der Waals surface area contributed by atoms with E-state index in [1.807, 2.05) is 13.0 Å². The highest BCUT2D eigenvalue weighted by molar-refractivity contribution is 5.84. The van der Waals surface area contributed by atoms with Gasteiger partial charge in [-0.1, -0.05) is 61.9 Å². The van der Waals surface area contributed by atoms with Crippen molar-refractivity contribution in [2.24, 2.45) is 11.3 Å². The van der Waals surface area contributed by atoms with Crippen LogP contribution in [0.25, 0.3) is 5.57 Å². The Morgan fingerprint density at radius 3 is 2.83 bits per heavy atom. The number of nitrogens with zero attached hydrogens (tertiary/aromatic N) is 1. The van der Waals surface area contributed by atoms with Gasteiger partial charge in [0.2, 0.25) is 0 Å². The fourth-order valence-corrected chi connectivity index (χ4v) is 2.57. The monoisotopic (exact) mass is 310 g/mol. The first-order valence-corrected chi connectivity index (χ1v) is 7.50. The Bertz CT molecular complexity index is 727. The molecule has 1 aliphatic rings. The predicted molar refractivity (Wildman–Crippen MR) is 84.1 cm³/mol. The molecular weight excluding hydrogens is 293 g/mol. The first kappa shape index (κ1) is 16.7. The summed E-state index contributed by atoms with van der Waals surface area (Å²) >= 11 is 0. The summed E-state index contributed by atoms with van der Waals surface area (Å²) in [6.45, 7) is 2.01. The van der Waals surface area contributed by atoms with E-state index in [-0.39, 0.29) is 5.56 Å². The van der Waals surface area contributed by atoms with Crippen molar-refractivity contribution in [2.45, 2.75) is 19.8 Å². The third-order valence-corrected chi connectivity index (χ3v) is 3.82. The zero-order valence-corrected chi connectivity index (χ0v) is 12.8. The standard InChI is InChI=1S/C19H18FNO2/c1-2-3-6-10-19(13-21)11-9-14(18(22)23)12-16(19)15-7-4-5-8-17(15)20/h4-12,14H,2-3H2,1H3,(H,22,23)/p-1/b10-6+. The summed E-state index contributed by atoms with van der Waals surface area (Å²) < 4.78 is 14.2. The Balaban J connectivity index is 2.59. The van der Waals surface area contributed by atoms with Gasteiger partial charge in [0.15, 0.2) is 0 Å². The molecule has 0 amide bonds. The number of halogens is 1. The van der Waals surface area contributed by atoms with Crippen molar-refractivity contribution in [3.8, 4) is 6.07 Å². The van der Waals surface area contributed by atoms with Gasteiger partial charge in [-0.05, 0) is 18.1 Å². The largest absolute Gasteiger partial charge is 0.549 e. The molecule has 0 aromatic heterocycles. The fourth-order valence-electron chi connectivity index (χ4n) is 2.57. The molecule has 0 N–H and O–H groups in total. The maximum Gasteiger partial charge on any atom is 0.130 e. The van der Waals surface area contributed by atoms with E-state index in [2.05, 4.69) is 6.07 Å². The van der Waals surface area contributed by atoms with Crippen LogP contribution in [-0.4, -0.2) is 5.97 Å². The van der Waals surface area contributed by atoms with Gasteiger partial charge in [-0.15, -0.1) is 0 Å². The third-order valence-electron chi connectivity index (χ3n) is 3.82. The summed E-state index contributed by atoms with van der Waals surface area (Å²) in [5.41, 5.74) is -0.614. The van der Waals surface area contributed by atoms with E-state index in [0.29, 0.717) is 5.57 Å². The van der Waals surface area contributed by atoms with Crippen LogP contribution in [0.5, 0.6) is 0 Å². The maximum absolute atomic E-state index is 14.2. The van der Waals surface area contributed by atoms with Crippen molar-refractivity contribution in [2.75, 3.05) is 0 Å². The van der Waals surface area contributed by atoms with E-state index >= 15 is 0 Å². The highest BCUT2D eigenvalue weighted by atomic mass is 19.1. The van der Waals surface area contributed by atoms with Gasteiger partial charge in [0.05, 0.1) is 12.0 Å². The lowest BCUT2D eigenvalue weighted by Gasteiger charge is -2.29. The van der Waals surface area contributed by atoms with E-state index in [1.165, 1.54) is 24.3 Å². The zero-order chi connectivity index (χ0) is 16.9. The Labute approximate surface area is 135 Å². The molecule has 0 heterocycles. The molecule has 0 saturated heterocycles. The molecule has 0 saturated carbocycles. The number of allylic oxidation sites excluding steroid dienone is 4. The van der Waals surface area contributed by atoms with Crippen molar-refractivity contribution in [1.82, 2.24) is 0 Å². The number of nitriles is 1. The van der Waals surface area contributed by atoms with Gasteiger partial charge in [-0.2, -0.15) is 5.26 Å². The molecule has 0 bridgehead atoms. The Morgan fingerprint density at radius 2 is 2.22 bits per heavy atom. The lowest BCUT2D eigenvalue weighted by atomic mass is 9.72. The van der Waals surface area contributed by atoms with Gasteiger partial charge in [-0.25, -0.2) is 4.39 Å². The molecule has 1 aromatic rings. The molecule has 23 heavy (non-hydrogen) atoms.